The molecule has 2 rings (SSSR count). The van der Waals surface area contributed by atoms with Crippen LogP contribution in [-0.2, 0) is 4.79 Å². The first kappa shape index (κ1) is 18.3. The van der Waals surface area contributed by atoms with E-state index in [9.17, 15) is 9.59 Å². The Hall–Kier alpha value is -3.08. The quantitative estimate of drug-likeness (QED) is 0.331. The minimum Gasteiger partial charge on any atom is -0.493 e. The monoisotopic (exact) mass is 340 g/mol. The molecule has 0 aliphatic carbocycles. The molecule has 5 nitrogen and oxygen atoms in total. The van der Waals surface area contributed by atoms with Crippen molar-refractivity contribution in [2.45, 2.75) is 13.8 Å². The summed E-state index contributed by atoms with van der Waals surface area (Å²) >= 11 is 0. The molecular formula is C20H20O5. The second-order valence-corrected chi connectivity index (χ2v) is 5.18. The van der Waals surface area contributed by atoms with Crippen molar-refractivity contribution in [1.82, 2.24) is 0 Å². The third-order valence-corrected chi connectivity index (χ3v) is 3.38. The smallest absolute Gasteiger partial charge is 0.336 e. The van der Waals surface area contributed by atoms with Crippen LogP contribution >= 0.6 is 0 Å². The summed E-state index contributed by atoms with van der Waals surface area (Å²) in [4.78, 5) is 23.1. The third-order valence-electron chi connectivity index (χ3n) is 3.38. The highest BCUT2D eigenvalue weighted by Crippen LogP contribution is 2.28. The van der Waals surface area contributed by atoms with E-state index in [1.54, 1.807) is 49.6 Å². The largest absolute Gasteiger partial charge is 0.493 e. The maximum absolute atomic E-state index is 11.9. The first-order valence-electron chi connectivity index (χ1n) is 7.85. The molecule has 0 radical (unpaired) electrons. The van der Waals surface area contributed by atoms with Gasteiger partial charge in [0.2, 0.25) is 0 Å². The Kier molecular flexibility index (Phi) is 6.34. The molecule has 0 N–H and O–H groups in total. The van der Waals surface area contributed by atoms with Crippen molar-refractivity contribution in [3.05, 3.63) is 59.7 Å². The van der Waals surface area contributed by atoms with Gasteiger partial charge in [0.1, 0.15) is 5.75 Å². The summed E-state index contributed by atoms with van der Waals surface area (Å²) < 4.78 is 15.9. The molecular weight excluding hydrogens is 320 g/mol. The van der Waals surface area contributed by atoms with E-state index >= 15 is 0 Å². The van der Waals surface area contributed by atoms with E-state index in [1.807, 2.05) is 13.0 Å². The molecule has 0 saturated carbocycles. The summed E-state index contributed by atoms with van der Waals surface area (Å²) in [6, 6.07) is 11.8. The van der Waals surface area contributed by atoms with Crippen molar-refractivity contribution in [3.63, 3.8) is 0 Å². The lowest BCUT2D eigenvalue weighted by Gasteiger charge is -2.09. The Morgan fingerprint density at radius 2 is 1.76 bits per heavy atom. The van der Waals surface area contributed by atoms with Crippen LogP contribution in [0.1, 0.15) is 29.8 Å². The van der Waals surface area contributed by atoms with Gasteiger partial charge in [0.25, 0.3) is 0 Å². The minimum absolute atomic E-state index is 0.0395. The number of carbonyl (C=O) groups excluding carboxylic acids is 2. The molecule has 25 heavy (non-hydrogen) atoms. The van der Waals surface area contributed by atoms with Crippen molar-refractivity contribution in [3.8, 4) is 17.2 Å². The van der Waals surface area contributed by atoms with E-state index in [0.717, 1.165) is 5.56 Å². The van der Waals surface area contributed by atoms with E-state index in [4.69, 9.17) is 14.2 Å². The molecule has 130 valence electrons. The number of hydrogen-bond acceptors (Lipinski definition) is 5. The van der Waals surface area contributed by atoms with Crippen LogP contribution in [0.15, 0.2) is 48.5 Å². The zero-order valence-electron chi connectivity index (χ0n) is 14.4. The lowest BCUT2D eigenvalue weighted by molar-refractivity contribution is -0.128. The number of carbonyl (C=O) groups is 2. The Balaban J connectivity index is 2.04. The van der Waals surface area contributed by atoms with Crippen LogP contribution in [-0.4, -0.2) is 25.5 Å². The van der Waals surface area contributed by atoms with Crippen LogP contribution in [0.5, 0.6) is 17.2 Å². The summed E-state index contributed by atoms with van der Waals surface area (Å²) in [5.41, 5.74) is 1.35. The predicted molar refractivity (Wildman–Crippen MR) is 95.3 cm³/mol. The van der Waals surface area contributed by atoms with Gasteiger partial charge in [0.05, 0.1) is 13.7 Å². The van der Waals surface area contributed by atoms with E-state index in [1.165, 1.54) is 13.0 Å². The molecule has 0 unspecified atom stereocenters. The number of Topliss-reactive ketones (excluding diaryl/α,β-unsaturated/α-hetero) is 1. The van der Waals surface area contributed by atoms with Crippen molar-refractivity contribution < 1.29 is 23.8 Å². The summed E-state index contributed by atoms with van der Waals surface area (Å²) in [5, 5.41) is 0. The van der Waals surface area contributed by atoms with Crippen molar-refractivity contribution in [2.24, 2.45) is 0 Å². The van der Waals surface area contributed by atoms with Crippen molar-refractivity contribution >= 4 is 17.8 Å². The van der Waals surface area contributed by atoms with Crippen LogP contribution in [0.2, 0.25) is 0 Å². The topological polar surface area (TPSA) is 61.8 Å². The number of benzene rings is 2. The molecule has 0 fully saturated rings. The molecule has 2 aromatic carbocycles. The first-order valence-corrected chi connectivity index (χ1v) is 7.85. The summed E-state index contributed by atoms with van der Waals surface area (Å²) in [5.74, 6) is 1.07. The normalized spacial score (nSPS) is 10.5. The van der Waals surface area contributed by atoms with Gasteiger partial charge in [0, 0.05) is 11.6 Å². The van der Waals surface area contributed by atoms with Gasteiger partial charge in [-0.2, -0.15) is 0 Å². The van der Waals surface area contributed by atoms with Gasteiger partial charge in [-0.15, -0.1) is 0 Å². The average Bonchev–Trinajstić information content (AvgIpc) is 2.61. The van der Waals surface area contributed by atoms with E-state index < -0.39 is 5.97 Å². The van der Waals surface area contributed by atoms with E-state index in [-0.39, 0.29) is 5.78 Å². The highest BCUT2D eigenvalue weighted by molar-refractivity contribution is 5.94. The van der Waals surface area contributed by atoms with Crippen molar-refractivity contribution in [2.75, 3.05) is 13.7 Å². The van der Waals surface area contributed by atoms with Gasteiger partial charge in [-0.1, -0.05) is 6.07 Å². The zero-order chi connectivity index (χ0) is 18.2. The van der Waals surface area contributed by atoms with Gasteiger partial charge in [-0.05, 0) is 61.9 Å². The Labute approximate surface area is 146 Å². The van der Waals surface area contributed by atoms with Crippen molar-refractivity contribution in [1.29, 1.82) is 0 Å². The standard InChI is InChI=1S/C20H20O5/c1-4-24-19-13-15(5-11-18(19)23-3)6-12-20(22)25-17-9-7-16(8-10-17)14(2)21/h5-13H,4H2,1-3H3/b12-6+. The summed E-state index contributed by atoms with van der Waals surface area (Å²) in [7, 11) is 1.57. The fraction of sp³-hybridized carbons (Fsp3) is 0.200. The van der Waals surface area contributed by atoms with Crippen LogP contribution in [0, 0.1) is 0 Å². The van der Waals surface area contributed by atoms with Gasteiger partial charge >= 0.3 is 5.97 Å². The molecule has 5 heteroatoms. The van der Waals surface area contributed by atoms with Crippen LogP contribution in [0.4, 0.5) is 0 Å². The number of methoxy groups -OCH3 is 1. The lowest BCUT2D eigenvalue weighted by Crippen LogP contribution is -2.04. The zero-order valence-corrected chi connectivity index (χ0v) is 14.4. The van der Waals surface area contributed by atoms with Crippen LogP contribution < -0.4 is 14.2 Å². The Bertz CT molecular complexity index is 775. The molecule has 0 atom stereocenters. The second-order valence-electron chi connectivity index (χ2n) is 5.18. The predicted octanol–water partition coefficient (Wildman–Crippen LogP) is 3.92. The van der Waals surface area contributed by atoms with Gasteiger partial charge in [0.15, 0.2) is 17.3 Å². The van der Waals surface area contributed by atoms with E-state index in [2.05, 4.69) is 0 Å². The number of rotatable bonds is 7. The van der Waals surface area contributed by atoms with Crippen LogP contribution in [0.25, 0.3) is 6.08 Å². The van der Waals surface area contributed by atoms with Gasteiger partial charge in [-0.3, -0.25) is 4.79 Å². The SMILES string of the molecule is CCOc1cc(/C=C/C(=O)Oc2ccc(C(C)=O)cc2)ccc1OC. The molecule has 0 spiro atoms. The molecule has 0 bridgehead atoms. The average molecular weight is 340 g/mol. The third kappa shape index (κ3) is 5.21. The lowest BCUT2D eigenvalue weighted by atomic mass is 10.1. The Morgan fingerprint density at radius 1 is 1.04 bits per heavy atom. The Morgan fingerprint density at radius 3 is 2.36 bits per heavy atom. The molecule has 0 aliphatic heterocycles. The molecule has 0 amide bonds. The van der Waals surface area contributed by atoms with Crippen LogP contribution in [0.3, 0.4) is 0 Å². The first-order chi connectivity index (χ1) is 12.0. The number of esters is 1. The molecule has 0 aromatic heterocycles. The second kappa shape index (κ2) is 8.68. The number of hydrogen-bond donors (Lipinski definition) is 0. The maximum Gasteiger partial charge on any atom is 0.336 e. The fourth-order valence-corrected chi connectivity index (χ4v) is 2.14. The molecule has 2 aromatic rings. The summed E-state index contributed by atoms with van der Waals surface area (Å²) in [6.45, 7) is 3.88. The van der Waals surface area contributed by atoms with Gasteiger partial charge < -0.3 is 14.2 Å². The van der Waals surface area contributed by atoms with Gasteiger partial charge in [-0.25, -0.2) is 4.79 Å². The molecule has 0 saturated heterocycles. The number of ether oxygens (including phenoxy) is 3. The maximum atomic E-state index is 11.9. The minimum atomic E-state index is -0.510. The molecule has 0 aliphatic rings. The number of ketones is 1. The molecule has 0 heterocycles. The fourth-order valence-electron chi connectivity index (χ4n) is 2.14. The van der Waals surface area contributed by atoms with E-state index in [0.29, 0.717) is 29.4 Å². The highest BCUT2D eigenvalue weighted by Gasteiger charge is 2.05. The summed E-state index contributed by atoms with van der Waals surface area (Å²) in [6.07, 6.45) is 2.96. The highest BCUT2D eigenvalue weighted by atomic mass is 16.5.